The molecule has 4 aliphatic heterocycles. The highest BCUT2D eigenvalue weighted by Crippen LogP contribution is 2.52. The van der Waals surface area contributed by atoms with E-state index in [1.54, 1.807) is 13.8 Å². The lowest BCUT2D eigenvalue weighted by molar-refractivity contribution is -0.163. The first-order valence-corrected chi connectivity index (χ1v) is 21.1. The van der Waals surface area contributed by atoms with E-state index in [1.807, 2.05) is 13.8 Å². The molecule has 6 rings (SSSR count). The van der Waals surface area contributed by atoms with Crippen molar-refractivity contribution < 1.29 is 62.2 Å². The Balaban J connectivity index is 1.19. The number of thioether (sulfide) groups is 2. The van der Waals surface area contributed by atoms with Crippen LogP contribution in [-0.2, 0) is 52.7 Å². The molecule has 0 aliphatic carbocycles. The molecule has 8 atom stereocenters. The summed E-state index contributed by atoms with van der Waals surface area (Å²) in [5, 5.41) is 9.21. The Kier molecular flexibility index (Phi) is 12.8. The van der Waals surface area contributed by atoms with Gasteiger partial charge in [-0.05, 0) is 70.0 Å². The lowest BCUT2D eigenvalue weighted by Crippen LogP contribution is -2.71. The summed E-state index contributed by atoms with van der Waals surface area (Å²) in [5.74, 6) is -6.31. The van der Waals surface area contributed by atoms with Gasteiger partial charge in [-0.1, -0.05) is 24.3 Å². The molecule has 4 fully saturated rings. The molecule has 4 heterocycles. The van der Waals surface area contributed by atoms with E-state index in [0.717, 1.165) is 0 Å². The van der Waals surface area contributed by atoms with Crippen molar-refractivity contribution >= 4 is 82.7 Å². The van der Waals surface area contributed by atoms with Crippen LogP contribution in [0.4, 0.5) is 0 Å². The predicted molar refractivity (Wildman–Crippen MR) is 221 cm³/mol. The van der Waals surface area contributed by atoms with E-state index in [-0.39, 0.29) is 28.4 Å². The number of nitrogens with one attached hydrogen (secondary N) is 4. The number of nitrogens with zero attached hydrogens (tertiary/aromatic N) is 2. The average molecular weight is 895 g/mol. The molecule has 2 aromatic carbocycles. The van der Waals surface area contributed by atoms with Crippen molar-refractivity contribution in [3.8, 4) is 11.5 Å². The number of methoxy groups -OCH3 is 1. The number of hydrogen-bond acceptors (Lipinski definition) is 15. The zero-order valence-electron chi connectivity index (χ0n) is 35.0. The zero-order valence-corrected chi connectivity index (χ0v) is 36.6. The van der Waals surface area contributed by atoms with Crippen molar-refractivity contribution in [3.63, 3.8) is 0 Å². The molecule has 62 heavy (non-hydrogen) atoms. The summed E-state index contributed by atoms with van der Waals surface area (Å²) in [6.07, 6.45) is -0.905. The highest BCUT2D eigenvalue weighted by molar-refractivity contribution is 8.02. The highest BCUT2D eigenvalue weighted by atomic mass is 32.2. The van der Waals surface area contributed by atoms with E-state index >= 15 is 0 Å². The summed E-state index contributed by atoms with van der Waals surface area (Å²) < 4.78 is 13.7. The second kappa shape index (κ2) is 17.4. The van der Waals surface area contributed by atoms with E-state index in [9.17, 15) is 47.9 Å². The number of rotatable bonds is 14. The molecular formula is C41H46N6O13S2. The third kappa shape index (κ3) is 8.99. The van der Waals surface area contributed by atoms with E-state index < -0.39 is 116 Å². The summed E-state index contributed by atoms with van der Waals surface area (Å²) in [7, 11) is 1.21. The maximum absolute atomic E-state index is 14.0. The Morgan fingerprint density at radius 2 is 1.00 bits per heavy atom. The fourth-order valence-electron chi connectivity index (χ4n) is 8.08. The van der Waals surface area contributed by atoms with Gasteiger partial charge >= 0.3 is 17.9 Å². The minimum Gasteiger partial charge on any atom is -0.467 e. The standard InChI is InChI=1S/C41H46N6O13S2/c1-18(48)31-40(4,5)61-37-29(35(55)46(31)37)44-33(53)27(21-9-13-23(14-10-21)59-19(2)49)42-25(51)17-26(52)43-28(22-11-15-24(16-12-22)60-20(3)50)34(54)45-30-36(56)47-32(39(57)58-8)41(6,7)62-38(30)47/h9-16,27-32,37-38H,17H2,1-8H3,(H,42,51)(H,43,52)(H,44,53)(H,45,54)/t27-,28+,29?,30?,31-,32+,37?,38?/m1/s1. The number of β-lactam (4-membered cyclic amide) rings is 2. The number of ether oxygens (including phenoxy) is 3. The average Bonchev–Trinajstić information content (AvgIpc) is 3.60. The number of hydrogen-bond donors (Lipinski definition) is 4. The molecule has 0 bridgehead atoms. The number of carbonyl (C=O) groups excluding carboxylic acids is 10. The lowest BCUT2D eigenvalue weighted by atomic mass is 9.93. The van der Waals surface area contributed by atoms with Crippen LogP contribution in [0.15, 0.2) is 48.5 Å². The highest BCUT2D eigenvalue weighted by Gasteiger charge is 2.65. The number of benzene rings is 2. The molecule has 2 aromatic rings. The van der Waals surface area contributed by atoms with Crippen LogP contribution in [-0.4, -0.2) is 120 Å². The van der Waals surface area contributed by atoms with Crippen molar-refractivity contribution in [3.05, 3.63) is 59.7 Å². The van der Waals surface area contributed by atoms with Crippen molar-refractivity contribution in [2.24, 2.45) is 0 Å². The van der Waals surface area contributed by atoms with Crippen molar-refractivity contribution in [2.75, 3.05) is 7.11 Å². The van der Waals surface area contributed by atoms with Crippen molar-refractivity contribution in [1.29, 1.82) is 0 Å². The quantitative estimate of drug-likeness (QED) is 0.0886. The fourth-order valence-corrected chi connectivity index (χ4v) is 11.4. The molecule has 19 nitrogen and oxygen atoms in total. The molecule has 0 saturated carbocycles. The second-order valence-corrected chi connectivity index (χ2v) is 19.7. The van der Waals surface area contributed by atoms with Gasteiger partial charge in [-0.2, -0.15) is 0 Å². The van der Waals surface area contributed by atoms with Crippen molar-refractivity contribution in [1.82, 2.24) is 31.1 Å². The van der Waals surface area contributed by atoms with E-state index in [0.29, 0.717) is 0 Å². The van der Waals surface area contributed by atoms with Gasteiger partial charge in [0.1, 0.15) is 64.9 Å². The zero-order chi connectivity index (χ0) is 45.6. The molecule has 4 unspecified atom stereocenters. The molecular weight excluding hydrogens is 849 g/mol. The fraction of sp³-hybridized carbons (Fsp3) is 0.463. The number of carbonyl (C=O) groups is 10. The molecule has 0 radical (unpaired) electrons. The van der Waals surface area contributed by atoms with Crippen LogP contribution in [0.1, 0.15) is 78.1 Å². The molecule has 4 N–H and O–H groups in total. The third-order valence-corrected chi connectivity index (χ3v) is 13.8. The summed E-state index contributed by atoms with van der Waals surface area (Å²) in [6.45, 7) is 11.0. The van der Waals surface area contributed by atoms with Crippen LogP contribution >= 0.6 is 23.5 Å². The first kappa shape index (κ1) is 45.6. The molecule has 0 aromatic heterocycles. The van der Waals surface area contributed by atoms with E-state index in [2.05, 4.69) is 21.3 Å². The number of amides is 6. The van der Waals surface area contributed by atoms with Crippen LogP contribution in [0.3, 0.4) is 0 Å². The molecule has 4 aliphatic rings. The molecule has 0 spiro atoms. The molecule has 330 valence electrons. The van der Waals surface area contributed by atoms with E-state index in [1.165, 1.54) is 110 Å². The molecule has 4 saturated heterocycles. The maximum atomic E-state index is 14.0. The predicted octanol–water partition coefficient (Wildman–Crippen LogP) is 0.798. The summed E-state index contributed by atoms with van der Waals surface area (Å²) in [6, 6.07) is 4.51. The van der Waals surface area contributed by atoms with Crippen LogP contribution < -0.4 is 30.7 Å². The Hall–Kier alpha value is -5.96. The van der Waals surface area contributed by atoms with Gasteiger partial charge < -0.3 is 45.3 Å². The van der Waals surface area contributed by atoms with E-state index in [4.69, 9.17) is 14.2 Å². The van der Waals surface area contributed by atoms with Gasteiger partial charge in [0.15, 0.2) is 5.78 Å². The van der Waals surface area contributed by atoms with Gasteiger partial charge in [0, 0.05) is 23.3 Å². The van der Waals surface area contributed by atoms with Crippen LogP contribution in [0.5, 0.6) is 11.5 Å². The van der Waals surface area contributed by atoms with Gasteiger partial charge in [0.25, 0.3) is 0 Å². The first-order chi connectivity index (χ1) is 29.0. The minimum absolute atomic E-state index is 0.143. The van der Waals surface area contributed by atoms with Crippen LogP contribution in [0.2, 0.25) is 0 Å². The number of Topliss-reactive ketones (excluding diaryl/α,β-unsaturated/α-hetero) is 1. The largest absolute Gasteiger partial charge is 0.467 e. The Bertz CT molecular complexity index is 2230. The van der Waals surface area contributed by atoms with Gasteiger partial charge in [-0.3, -0.25) is 43.2 Å². The second-order valence-electron chi connectivity index (χ2n) is 16.1. The van der Waals surface area contributed by atoms with Gasteiger partial charge in [-0.25, -0.2) is 4.79 Å². The molecule has 6 amide bonds. The Labute approximate surface area is 364 Å². The maximum Gasteiger partial charge on any atom is 0.330 e. The monoisotopic (exact) mass is 894 g/mol. The summed E-state index contributed by atoms with van der Waals surface area (Å²) >= 11 is 2.65. The number of fused-ring (bicyclic) bond motifs is 2. The Morgan fingerprint density at radius 3 is 1.35 bits per heavy atom. The lowest BCUT2D eigenvalue weighted by Gasteiger charge is -2.44. The first-order valence-electron chi connectivity index (χ1n) is 19.4. The van der Waals surface area contributed by atoms with Crippen LogP contribution in [0, 0.1) is 0 Å². The topological polar surface area (TPSA) is 253 Å². The normalized spacial score (nSPS) is 24.7. The van der Waals surface area contributed by atoms with Gasteiger partial charge in [-0.15, -0.1) is 23.5 Å². The Morgan fingerprint density at radius 1 is 0.629 bits per heavy atom. The SMILES string of the molecule is COC(=O)[C@@H]1N2C(=O)C(NC(=O)[C@@H](NC(=O)CC(=O)N[C@@H](C(=O)NC3C(=O)N4C3SC(C)(C)[C@H]4C(C)=O)c3ccc(OC(C)=O)cc3)c3ccc(OC(C)=O)cc3)C2SC1(C)C. The minimum atomic E-state index is -1.49. The summed E-state index contributed by atoms with van der Waals surface area (Å²) in [5.41, 5.74) is 0.385. The molecule has 21 heteroatoms. The van der Waals surface area contributed by atoms with Gasteiger partial charge in [0.05, 0.1) is 7.11 Å². The smallest absolute Gasteiger partial charge is 0.330 e. The number of esters is 3. The number of ketones is 1. The van der Waals surface area contributed by atoms with Crippen LogP contribution in [0.25, 0.3) is 0 Å². The van der Waals surface area contributed by atoms with Crippen molar-refractivity contribution in [2.45, 2.75) is 111 Å². The van der Waals surface area contributed by atoms with Gasteiger partial charge in [0.2, 0.25) is 35.4 Å². The summed E-state index contributed by atoms with van der Waals surface area (Å²) in [4.78, 5) is 133. The third-order valence-electron chi connectivity index (χ3n) is 10.7.